The van der Waals surface area contributed by atoms with Gasteiger partial charge in [0.15, 0.2) is 5.78 Å². The van der Waals surface area contributed by atoms with Gasteiger partial charge in [0.1, 0.15) is 0 Å². The second-order valence-corrected chi connectivity index (χ2v) is 7.92. The summed E-state index contributed by atoms with van der Waals surface area (Å²) in [7, 11) is 0. The number of carbonyl (C=O) groups excluding carboxylic acids is 1. The van der Waals surface area contributed by atoms with Gasteiger partial charge in [-0.05, 0) is 80.5 Å². The average molecular weight is 304 g/mol. The first-order chi connectivity index (χ1) is 10.1. The molecule has 0 amide bonds. The van der Waals surface area contributed by atoms with Crippen LogP contribution < -0.4 is 5.32 Å². The molecular formula is C18H22ClNO. The van der Waals surface area contributed by atoms with Crippen molar-refractivity contribution in [3.8, 4) is 0 Å². The van der Waals surface area contributed by atoms with Crippen LogP contribution in [0.2, 0.25) is 5.02 Å². The quantitative estimate of drug-likeness (QED) is 0.885. The number of ketones is 1. The van der Waals surface area contributed by atoms with Crippen LogP contribution in [0.4, 0.5) is 5.69 Å². The zero-order chi connectivity index (χ0) is 14.4. The third kappa shape index (κ3) is 2.48. The summed E-state index contributed by atoms with van der Waals surface area (Å²) in [5.74, 6) is 2.93. The van der Waals surface area contributed by atoms with Gasteiger partial charge < -0.3 is 5.32 Å². The maximum absolute atomic E-state index is 12.8. The third-order valence-corrected chi connectivity index (χ3v) is 6.18. The number of hydrogen-bond acceptors (Lipinski definition) is 2. The minimum atomic E-state index is 0.00811. The molecule has 5 rings (SSSR count). The van der Waals surface area contributed by atoms with Crippen LogP contribution in [0.15, 0.2) is 24.3 Å². The highest BCUT2D eigenvalue weighted by Crippen LogP contribution is 2.60. The molecule has 4 aliphatic rings. The summed E-state index contributed by atoms with van der Waals surface area (Å²) in [4.78, 5) is 12.8. The lowest BCUT2D eigenvalue weighted by Gasteiger charge is -2.56. The van der Waals surface area contributed by atoms with Crippen LogP contribution in [0, 0.1) is 23.2 Å². The predicted molar refractivity (Wildman–Crippen MR) is 85.6 cm³/mol. The van der Waals surface area contributed by atoms with Crippen LogP contribution in [-0.2, 0) is 4.79 Å². The van der Waals surface area contributed by atoms with E-state index in [0.29, 0.717) is 12.3 Å². The molecule has 0 aliphatic heterocycles. The Bertz CT molecular complexity index is 516. The number of rotatable bonds is 4. The highest BCUT2D eigenvalue weighted by atomic mass is 35.5. The van der Waals surface area contributed by atoms with Crippen LogP contribution in [0.3, 0.4) is 0 Å². The third-order valence-electron chi connectivity index (χ3n) is 5.93. The maximum atomic E-state index is 12.8. The first-order valence-corrected chi connectivity index (χ1v) is 8.53. The smallest absolute Gasteiger partial charge is 0.158 e. The Hall–Kier alpha value is -1.02. The predicted octanol–water partition coefficient (Wildman–Crippen LogP) is 4.54. The van der Waals surface area contributed by atoms with E-state index in [0.717, 1.165) is 47.7 Å². The number of carbonyl (C=O) groups is 1. The van der Waals surface area contributed by atoms with Gasteiger partial charge in [-0.3, -0.25) is 4.79 Å². The van der Waals surface area contributed by atoms with Gasteiger partial charge in [-0.15, -0.1) is 0 Å². The van der Waals surface area contributed by atoms with Gasteiger partial charge in [0, 0.05) is 16.1 Å². The lowest BCUT2D eigenvalue weighted by atomic mass is 9.48. The average Bonchev–Trinajstić information content (AvgIpc) is 2.45. The first-order valence-electron chi connectivity index (χ1n) is 8.16. The van der Waals surface area contributed by atoms with Crippen molar-refractivity contribution in [3.63, 3.8) is 0 Å². The summed E-state index contributed by atoms with van der Waals surface area (Å²) in [6.45, 7) is 0.466. The molecule has 4 aliphatic carbocycles. The zero-order valence-corrected chi connectivity index (χ0v) is 13.0. The van der Waals surface area contributed by atoms with Crippen molar-refractivity contribution in [1.29, 1.82) is 0 Å². The fraction of sp³-hybridized carbons (Fsp3) is 0.611. The van der Waals surface area contributed by atoms with E-state index in [4.69, 9.17) is 11.6 Å². The first kappa shape index (κ1) is 13.6. The van der Waals surface area contributed by atoms with Crippen LogP contribution in [-0.4, -0.2) is 12.3 Å². The van der Waals surface area contributed by atoms with Crippen LogP contribution >= 0.6 is 11.6 Å². The molecule has 0 atom stereocenters. The zero-order valence-electron chi connectivity index (χ0n) is 12.3. The summed E-state index contributed by atoms with van der Waals surface area (Å²) < 4.78 is 0. The van der Waals surface area contributed by atoms with Crippen LogP contribution in [0.1, 0.15) is 38.5 Å². The lowest BCUT2D eigenvalue weighted by molar-refractivity contribution is -0.141. The van der Waals surface area contributed by atoms with E-state index in [9.17, 15) is 4.79 Å². The Balaban J connectivity index is 1.44. The lowest BCUT2D eigenvalue weighted by Crippen LogP contribution is -2.51. The Labute approximate surface area is 131 Å². The molecule has 0 radical (unpaired) electrons. The normalized spacial score (nSPS) is 36.7. The van der Waals surface area contributed by atoms with Crippen molar-refractivity contribution in [2.24, 2.45) is 23.2 Å². The highest BCUT2D eigenvalue weighted by Gasteiger charge is 2.53. The van der Waals surface area contributed by atoms with Crippen LogP contribution in [0.5, 0.6) is 0 Å². The molecule has 112 valence electrons. The standard InChI is InChI=1S/C18H22ClNO/c19-15-1-3-16(4-2-15)20-11-17(21)18-8-12-5-13(9-18)7-14(6-12)10-18/h1-4,12-14,20H,5-11H2. The van der Waals surface area contributed by atoms with Crippen LogP contribution in [0.25, 0.3) is 0 Å². The second-order valence-electron chi connectivity index (χ2n) is 7.48. The monoisotopic (exact) mass is 303 g/mol. The summed E-state index contributed by atoms with van der Waals surface area (Å²) in [6, 6.07) is 7.60. The molecule has 21 heavy (non-hydrogen) atoms. The fourth-order valence-electron chi connectivity index (χ4n) is 5.39. The summed E-state index contributed by atoms with van der Waals surface area (Å²) in [5, 5.41) is 4.02. The van der Waals surface area contributed by atoms with Gasteiger partial charge in [-0.1, -0.05) is 11.6 Å². The van der Waals surface area contributed by atoms with Crippen molar-refractivity contribution < 1.29 is 4.79 Å². The van der Waals surface area contributed by atoms with E-state index in [1.54, 1.807) is 0 Å². The highest BCUT2D eigenvalue weighted by molar-refractivity contribution is 6.30. The number of halogens is 1. The molecule has 0 unspecified atom stereocenters. The van der Waals surface area contributed by atoms with Gasteiger partial charge in [-0.25, -0.2) is 0 Å². The second kappa shape index (κ2) is 5.01. The minimum Gasteiger partial charge on any atom is -0.378 e. The summed E-state index contributed by atoms with van der Waals surface area (Å²) >= 11 is 5.89. The van der Waals surface area contributed by atoms with E-state index in [1.807, 2.05) is 24.3 Å². The number of anilines is 1. The van der Waals surface area contributed by atoms with Crippen molar-refractivity contribution >= 4 is 23.1 Å². The Morgan fingerprint density at radius 2 is 1.57 bits per heavy atom. The molecule has 1 N–H and O–H groups in total. The molecular weight excluding hydrogens is 282 g/mol. The van der Waals surface area contributed by atoms with Crippen molar-refractivity contribution in [3.05, 3.63) is 29.3 Å². The number of Topliss-reactive ketones (excluding diaryl/α,β-unsaturated/α-hetero) is 1. The molecule has 4 saturated carbocycles. The molecule has 2 nitrogen and oxygen atoms in total. The Kier molecular flexibility index (Phi) is 3.25. The van der Waals surface area contributed by atoms with Gasteiger partial charge in [-0.2, -0.15) is 0 Å². The van der Waals surface area contributed by atoms with Gasteiger partial charge in [0.05, 0.1) is 6.54 Å². The number of benzene rings is 1. The molecule has 0 heterocycles. The van der Waals surface area contributed by atoms with Crippen molar-refractivity contribution in [2.45, 2.75) is 38.5 Å². The fourth-order valence-corrected chi connectivity index (χ4v) is 5.52. The topological polar surface area (TPSA) is 29.1 Å². The van der Waals surface area contributed by atoms with E-state index >= 15 is 0 Å². The Morgan fingerprint density at radius 1 is 1.05 bits per heavy atom. The maximum Gasteiger partial charge on any atom is 0.158 e. The molecule has 1 aromatic rings. The van der Waals surface area contributed by atoms with E-state index in [1.165, 1.54) is 19.3 Å². The van der Waals surface area contributed by atoms with E-state index in [2.05, 4.69) is 5.32 Å². The van der Waals surface area contributed by atoms with Crippen molar-refractivity contribution in [2.75, 3.05) is 11.9 Å². The molecule has 4 fully saturated rings. The summed E-state index contributed by atoms with van der Waals surface area (Å²) in [6.07, 6.45) is 7.62. The largest absolute Gasteiger partial charge is 0.378 e. The SMILES string of the molecule is O=C(CNc1ccc(Cl)cc1)C12CC3CC(CC(C3)C1)C2. The molecule has 0 spiro atoms. The molecule has 1 aromatic carbocycles. The van der Waals surface area contributed by atoms with Crippen molar-refractivity contribution in [1.82, 2.24) is 0 Å². The van der Waals surface area contributed by atoms with Gasteiger partial charge in [0.2, 0.25) is 0 Å². The molecule has 0 aromatic heterocycles. The molecule has 4 bridgehead atoms. The summed E-state index contributed by atoms with van der Waals surface area (Å²) in [5.41, 5.74) is 0.992. The van der Waals surface area contributed by atoms with Gasteiger partial charge >= 0.3 is 0 Å². The number of hydrogen-bond donors (Lipinski definition) is 1. The minimum absolute atomic E-state index is 0.00811. The van der Waals surface area contributed by atoms with Gasteiger partial charge in [0.25, 0.3) is 0 Å². The molecule has 0 saturated heterocycles. The Morgan fingerprint density at radius 3 is 2.10 bits per heavy atom. The van der Waals surface area contributed by atoms with E-state index < -0.39 is 0 Å². The molecule has 3 heteroatoms. The number of nitrogens with one attached hydrogen (secondary N) is 1. The van der Waals surface area contributed by atoms with E-state index in [-0.39, 0.29) is 5.41 Å².